The van der Waals surface area contributed by atoms with E-state index in [0.29, 0.717) is 5.66 Å². The summed E-state index contributed by atoms with van der Waals surface area (Å²) >= 11 is 0. The highest BCUT2D eigenvalue weighted by molar-refractivity contribution is 7.40. The quantitative estimate of drug-likeness (QED) is 0.434. The third-order valence-electron chi connectivity index (χ3n) is 5.30. The van der Waals surface area contributed by atoms with E-state index in [1.807, 2.05) is 24.3 Å². The van der Waals surface area contributed by atoms with Crippen LogP contribution in [0, 0.1) is 0 Å². The Morgan fingerprint density at radius 3 is 2.61 bits per heavy atom. The molecule has 31 heavy (non-hydrogen) atoms. The molecule has 162 valence electrons. The second kappa shape index (κ2) is 11.6. The van der Waals surface area contributed by atoms with Gasteiger partial charge in [0, 0.05) is 17.8 Å². The average Bonchev–Trinajstić information content (AvgIpc) is 3.20. The maximum absolute atomic E-state index is 5.32. The fourth-order valence-electron chi connectivity index (χ4n) is 3.56. The lowest BCUT2D eigenvalue weighted by Crippen LogP contribution is -2.01. The number of anilines is 1. The zero-order valence-electron chi connectivity index (χ0n) is 18.9. The molecule has 5 heteroatoms. The highest BCUT2D eigenvalue weighted by atomic mass is 31.1. The van der Waals surface area contributed by atoms with Crippen LogP contribution < -0.4 is 10.1 Å². The Balaban J connectivity index is 0.000000185. The number of aryl methyl sites for hydroxylation is 2. The molecule has 1 unspecified atom stereocenters. The highest BCUT2D eigenvalue weighted by Crippen LogP contribution is 2.35. The van der Waals surface area contributed by atoms with Crippen LogP contribution in [0.15, 0.2) is 54.9 Å². The molecule has 1 aliphatic rings. The fraction of sp³-hybridized carbons (Fsp3) is 0.346. The maximum atomic E-state index is 5.32. The Kier molecular flexibility index (Phi) is 8.61. The van der Waals surface area contributed by atoms with Crippen molar-refractivity contribution in [3.8, 4) is 5.75 Å². The van der Waals surface area contributed by atoms with Crippen molar-refractivity contribution in [3.63, 3.8) is 0 Å². The summed E-state index contributed by atoms with van der Waals surface area (Å²) in [5, 5.41) is 3.41. The van der Waals surface area contributed by atoms with Gasteiger partial charge in [-0.25, -0.2) is 9.97 Å². The lowest BCUT2D eigenvalue weighted by atomic mass is 10.1. The molecule has 3 aromatic rings. The molecule has 0 saturated carbocycles. The van der Waals surface area contributed by atoms with Crippen LogP contribution in [0.3, 0.4) is 0 Å². The number of hydrogen-bond acceptors (Lipinski definition) is 4. The Labute approximate surface area is 187 Å². The van der Waals surface area contributed by atoms with Crippen LogP contribution in [-0.2, 0) is 19.4 Å². The van der Waals surface area contributed by atoms with Crippen molar-refractivity contribution >= 4 is 19.7 Å². The SMILES string of the molecule is CCCc1ncnc2c1C=PC2C.CCc1cccc(CNc2ccccc2OC)c1. The zero-order valence-corrected chi connectivity index (χ0v) is 19.8. The summed E-state index contributed by atoms with van der Waals surface area (Å²) in [6.07, 6.45) is 5.00. The molecule has 2 heterocycles. The molecule has 1 N–H and O–H groups in total. The molecule has 4 rings (SSSR count). The molecule has 4 nitrogen and oxygen atoms in total. The second-order valence-corrected chi connectivity index (χ2v) is 8.88. The lowest BCUT2D eigenvalue weighted by Gasteiger charge is -2.11. The van der Waals surface area contributed by atoms with Gasteiger partial charge in [0.2, 0.25) is 0 Å². The van der Waals surface area contributed by atoms with Gasteiger partial charge in [-0.1, -0.05) is 64.9 Å². The van der Waals surface area contributed by atoms with Crippen LogP contribution in [0.25, 0.3) is 0 Å². The fourth-order valence-corrected chi connectivity index (χ4v) is 4.56. The Hall–Kier alpha value is -2.71. The minimum Gasteiger partial charge on any atom is -0.495 e. The van der Waals surface area contributed by atoms with Crippen LogP contribution >= 0.6 is 8.20 Å². The van der Waals surface area contributed by atoms with E-state index in [1.165, 1.54) is 36.3 Å². The molecule has 2 aromatic carbocycles. The first-order valence-electron chi connectivity index (χ1n) is 11.0. The summed E-state index contributed by atoms with van der Waals surface area (Å²) < 4.78 is 5.32. The van der Waals surface area contributed by atoms with Gasteiger partial charge in [0.15, 0.2) is 0 Å². The number of benzene rings is 2. The predicted molar refractivity (Wildman–Crippen MR) is 133 cm³/mol. The number of fused-ring (bicyclic) bond motifs is 1. The van der Waals surface area contributed by atoms with Gasteiger partial charge in [-0.15, -0.1) is 0 Å². The van der Waals surface area contributed by atoms with Crippen molar-refractivity contribution < 1.29 is 4.74 Å². The van der Waals surface area contributed by atoms with Crippen LogP contribution in [0.4, 0.5) is 5.69 Å². The summed E-state index contributed by atoms with van der Waals surface area (Å²) in [6.45, 7) is 7.39. The van der Waals surface area contributed by atoms with E-state index in [-0.39, 0.29) is 0 Å². The van der Waals surface area contributed by atoms with Crippen LogP contribution in [-0.4, -0.2) is 22.9 Å². The molecule has 0 aliphatic carbocycles. The topological polar surface area (TPSA) is 47.0 Å². The number of rotatable bonds is 7. The van der Waals surface area contributed by atoms with Crippen LogP contribution in [0.1, 0.15) is 60.9 Å². The number of methoxy groups -OCH3 is 1. The monoisotopic (exact) mass is 433 g/mol. The van der Waals surface area contributed by atoms with E-state index >= 15 is 0 Å². The van der Waals surface area contributed by atoms with E-state index in [9.17, 15) is 0 Å². The zero-order chi connectivity index (χ0) is 22.1. The van der Waals surface area contributed by atoms with Gasteiger partial charge in [-0.2, -0.15) is 0 Å². The standard InChI is InChI=1S/C16H19NO.C10H13N2P/c1-3-13-7-6-8-14(11-13)12-17-15-9-4-5-10-16(15)18-2;1-3-4-9-8-5-13-7(2)10(8)12-6-11-9/h4-11,17H,3,12H2,1-2H3;5-7H,3-4H2,1-2H3. The van der Waals surface area contributed by atoms with E-state index in [1.54, 1.807) is 13.4 Å². The normalized spacial score (nSPS) is 14.4. The number of para-hydroxylation sites is 2. The molecule has 0 saturated heterocycles. The van der Waals surface area contributed by atoms with Crippen molar-refractivity contribution in [2.24, 2.45) is 0 Å². The molecule has 1 aliphatic heterocycles. The smallest absolute Gasteiger partial charge is 0.141 e. The van der Waals surface area contributed by atoms with E-state index in [4.69, 9.17) is 4.74 Å². The minimum atomic E-state index is 0.564. The molecule has 0 amide bonds. The van der Waals surface area contributed by atoms with Gasteiger partial charge in [0.1, 0.15) is 12.1 Å². The first-order valence-corrected chi connectivity index (χ1v) is 12.0. The summed E-state index contributed by atoms with van der Waals surface area (Å²) in [5.41, 5.74) is 8.02. The molecule has 1 atom stereocenters. The molecular weight excluding hydrogens is 401 g/mol. The van der Waals surface area contributed by atoms with Crippen LogP contribution in [0.5, 0.6) is 5.75 Å². The van der Waals surface area contributed by atoms with E-state index in [2.05, 4.69) is 66.1 Å². The van der Waals surface area contributed by atoms with Gasteiger partial charge in [-0.3, -0.25) is 0 Å². The molecule has 0 bridgehead atoms. The molecular formula is C26H32N3OP. The first-order chi connectivity index (χ1) is 15.2. The van der Waals surface area contributed by atoms with Gasteiger partial charge >= 0.3 is 0 Å². The van der Waals surface area contributed by atoms with Crippen molar-refractivity contribution in [1.29, 1.82) is 0 Å². The summed E-state index contributed by atoms with van der Waals surface area (Å²) in [7, 11) is 3.06. The number of aromatic nitrogens is 2. The van der Waals surface area contributed by atoms with Gasteiger partial charge in [0.25, 0.3) is 0 Å². The summed E-state index contributed by atoms with van der Waals surface area (Å²) in [4.78, 5) is 8.66. The number of nitrogens with zero attached hydrogens (tertiary/aromatic N) is 2. The maximum Gasteiger partial charge on any atom is 0.141 e. The molecule has 0 radical (unpaired) electrons. The van der Waals surface area contributed by atoms with Crippen molar-refractivity contribution in [2.75, 3.05) is 12.4 Å². The predicted octanol–water partition coefficient (Wildman–Crippen LogP) is 6.47. The van der Waals surface area contributed by atoms with E-state index < -0.39 is 0 Å². The highest BCUT2D eigenvalue weighted by Gasteiger charge is 2.18. The number of nitrogens with one attached hydrogen (secondary N) is 1. The lowest BCUT2D eigenvalue weighted by molar-refractivity contribution is 0.416. The first kappa shape index (κ1) is 23.0. The number of hydrogen-bond donors (Lipinski definition) is 1. The summed E-state index contributed by atoms with van der Waals surface area (Å²) in [6, 6.07) is 16.6. The van der Waals surface area contributed by atoms with Gasteiger partial charge < -0.3 is 10.1 Å². The molecule has 0 spiro atoms. The average molecular weight is 434 g/mol. The summed E-state index contributed by atoms with van der Waals surface area (Å²) in [5.74, 6) is 3.13. The Morgan fingerprint density at radius 1 is 1.03 bits per heavy atom. The molecule has 0 fully saturated rings. The third-order valence-corrected chi connectivity index (χ3v) is 6.40. The van der Waals surface area contributed by atoms with Crippen molar-refractivity contribution in [1.82, 2.24) is 9.97 Å². The second-order valence-electron chi connectivity index (χ2n) is 7.55. The minimum absolute atomic E-state index is 0.564. The van der Waals surface area contributed by atoms with Crippen molar-refractivity contribution in [3.05, 3.63) is 82.9 Å². The van der Waals surface area contributed by atoms with Crippen molar-refractivity contribution in [2.45, 2.75) is 52.2 Å². The van der Waals surface area contributed by atoms with Gasteiger partial charge in [0.05, 0.1) is 24.2 Å². The Morgan fingerprint density at radius 2 is 1.84 bits per heavy atom. The molecule has 1 aromatic heterocycles. The third kappa shape index (κ3) is 6.15. The largest absolute Gasteiger partial charge is 0.495 e. The number of ether oxygens (including phenoxy) is 1. The van der Waals surface area contributed by atoms with Gasteiger partial charge in [-0.05, 0) is 48.8 Å². The Bertz CT molecular complexity index is 1020. The van der Waals surface area contributed by atoms with E-state index in [0.717, 1.165) is 37.2 Å². The van der Waals surface area contributed by atoms with Crippen LogP contribution in [0.2, 0.25) is 0 Å².